The van der Waals surface area contributed by atoms with E-state index in [1.54, 1.807) is 12.1 Å². The highest BCUT2D eigenvalue weighted by Gasteiger charge is 2.18. The Morgan fingerprint density at radius 3 is 2.38 bits per heavy atom. The van der Waals surface area contributed by atoms with Crippen molar-refractivity contribution < 1.29 is 9.90 Å². The summed E-state index contributed by atoms with van der Waals surface area (Å²) in [6.07, 6.45) is 0.466. The fourth-order valence-electron chi connectivity index (χ4n) is 1.51. The van der Waals surface area contributed by atoms with E-state index in [0.29, 0.717) is 12.1 Å². The van der Waals surface area contributed by atoms with Gasteiger partial charge in [-0.1, -0.05) is 26.0 Å². The maximum absolute atomic E-state index is 11.0. The van der Waals surface area contributed by atoms with Gasteiger partial charge in [0, 0.05) is 11.7 Å². The molecule has 0 fully saturated rings. The molecule has 88 valence electrons. The zero-order chi connectivity index (χ0) is 12.1. The molecular weight excluding hydrogens is 204 g/mol. The van der Waals surface area contributed by atoms with Crippen LogP contribution in [0.15, 0.2) is 24.3 Å². The average molecular weight is 222 g/mol. The molecule has 1 atom stereocenters. The second kappa shape index (κ2) is 5.51. The van der Waals surface area contributed by atoms with Crippen molar-refractivity contribution in [1.29, 1.82) is 0 Å². The van der Waals surface area contributed by atoms with E-state index < -0.39 is 12.0 Å². The molecule has 0 radical (unpaired) electrons. The Kier molecular flexibility index (Phi) is 4.31. The monoisotopic (exact) mass is 222 g/mol. The number of rotatable bonds is 5. The van der Waals surface area contributed by atoms with Crippen molar-refractivity contribution in [2.45, 2.75) is 32.4 Å². The molecule has 0 saturated carbocycles. The van der Waals surface area contributed by atoms with E-state index in [-0.39, 0.29) is 6.04 Å². The minimum Gasteiger partial charge on any atom is -0.480 e. The molecular formula is C12H18N2O2. The number of hydrogen-bond donors (Lipinski definition) is 3. The van der Waals surface area contributed by atoms with Crippen molar-refractivity contribution in [1.82, 2.24) is 5.32 Å². The van der Waals surface area contributed by atoms with Gasteiger partial charge in [0.15, 0.2) is 0 Å². The molecule has 0 aromatic heterocycles. The van der Waals surface area contributed by atoms with Gasteiger partial charge < -0.3 is 16.2 Å². The van der Waals surface area contributed by atoms with E-state index >= 15 is 0 Å². The molecule has 4 N–H and O–H groups in total. The molecule has 0 bridgehead atoms. The number of carboxylic acids is 1. The zero-order valence-corrected chi connectivity index (χ0v) is 9.60. The SMILES string of the molecule is CC(C)N[C@@H](Cc1ccc(N)cc1)C(=O)O. The van der Waals surface area contributed by atoms with Gasteiger partial charge in [0.25, 0.3) is 0 Å². The molecule has 1 aromatic rings. The van der Waals surface area contributed by atoms with E-state index in [1.165, 1.54) is 0 Å². The van der Waals surface area contributed by atoms with Crippen LogP contribution in [0.3, 0.4) is 0 Å². The number of carboxylic acid groups (broad SMARTS) is 1. The second-order valence-corrected chi connectivity index (χ2v) is 4.16. The van der Waals surface area contributed by atoms with Crippen molar-refractivity contribution in [3.05, 3.63) is 29.8 Å². The molecule has 0 unspecified atom stereocenters. The lowest BCUT2D eigenvalue weighted by molar-refractivity contribution is -0.139. The van der Waals surface area contributed by atoms with Gasteiger partial charge in [-0.05, 0) is 24.1 Å². The van der Waals surface area contributed by atoms with Crippen LogP contribution in [0.25, 0.3) is 0 Å². The maximum Gasteiger partial charge on any atom is 0.321 e. The Morgan fingerprint density at radius 2 is 1.94 bits per heavy atom. The third-order valence-corrected chi connectivity index (χ3v) is 2.25. The van der Waals surface area contributed by atoms with E-state index in [0.717, 1.165) is 5.56 Å². The number of nitrogens with two attached hydrogens (primary N) is 1. The predicted octanol–water partition coefficient (Wildman–Crippen LogP) is 1.26. The number of carbonyl (C=O) groups is 1. The van der Waals surface area contributed by atoms with Crippen molar-refractivity contribution in [3.8, 4) is 0 Å². The Morgan fingerprint density at radius 1 is 1.38 bits per heavy atom. The molecule has 0 spiro atoms. The molecule has 1 rings (SSSR count). The lowest BCUT2D eigenvalue weighted by Crippen LogP contribution is -2.42. The highest BCUT2D eigenvalue weighted by atomic mass is 16.4. The summed E-state index contributed by atoms with van der Waals surface area (Å²) < 4.78 is 0. The normalized spacial score (nSPS) is 12.7. The summed E-state index contributed by atoms with van der Waals surface area (Å²) in [6, 6.07) is 6.87. The van der Waals surface area contributed by atoms with Gasteiger partial charge in [-0.15, -0.1) is 0 Å². The molecule has 16 heavy (non-hydrogen) atoms. The van der Waals surface area contributed by atoms with Gasteiger partial charge in [-0.2, -0.15) is 0 Å². The standard InChI is InChI=1S/C12H18N2O2/c1-8(2)14-11(12(15)16)7-9-3-5-10(13)6-4-9/h3-6,8,11,14H,7,13H2,1-2H3,(H,15,16)/t11-/m0/s1. The largest absolute Gasteiger partial charge is 0.480 e. The van der Waals surface area contributed by atoms with Gasteiger partial charge in [0.1, 0.15) is 6.04 Å². The summed E-state index contributed by atoms with van der Waals surface area (Å²) in [5.41, 5.74) is 7.22. The fourth-order valence-corrected chi connectivity index (χ4v) is 1.51. The van der Waals surface area contributed by atoms with Crippen molar-refractivity contribution in [2.75, 3.05) is 5.73 Å². The molecule has 0 amide bonds. The van der Waals surface area contributed by atoms with Crippen LogP contribution in [0.5, 0.6) is 0 Å². The first kappa shape index (κ1) is 12.5. The lowest BCUT2D eigenvalue weighted by Gasteiger charge is -2.17. The van der Waals surface area contributed by atoms with Gasteiger partial charge in [-0.3, -0.25) is 4.79 Å². The number of aliphatic carboxylic acids is 1. The van der Waals surface area contributed by atoms with Crippen LogP contribution >= 0.6 is 0 Å². The third kappa shape index (κ3) is 3.90. The van der Waals surface area contributed by atoms with E-state index in [2.05, 4.69) is 5.32 Å². The highest BCUT2D eigenvalue weighted by Crippen LogP contribution is 2.08. The van der Waals surface area contributed by atoms with Crippen LogP contribution in [-0.2, 0) is 11.2 Å². The van der Waals surface area contributed by atoms with Crippen LogP contribution < -0.4 is 11.1 Å². The highest BCUT2D eigenvalue weighted by molar-refractivity contribution is 5.74. The Labute approximate surface area is 95.5 Å². The van der Waals surface area contributed by atoms with Crippen molar-refractivity contribution in [2.24, 2.45) is 0 Å². The Bertz CT molecular complexity index is 347. The summed E-state index contributed by atoms with van der Waals surface area (Å²) in [6.45, 7) is 3.86. The summed E-state index contributed by atoms with van der Waals surface area (Å²) >= 11 is 0. The lowest BCUT2D eigenvalue weighted by atomic mass is 10.1. The number of nitrogens with one attached hydrogen (secondary N) is 1. The molecule has 0 aliphatic heterocycles. The smallest absolute Gasteiger partial charge is 0.321 e. The van der Waals surface area contributed by atoms with Crippen LogP contribution in [0.2, 0.25) is 0 Å². The van der Waals surface area contributed by atoms with Crippen molar-refractivity contribution in [3.63, 3.8) is 0 Å². The number of benzene rings is 1. The van der Waals surface area contributed by atoms with Crippen LogP contribution in [0, 0.1) is 0 Å². The Balaban J connectivity index is 2.68. The summed E-state index contributed by atoms with van der Waals surface area (Å²) in [5.74, 6) is -0.828. The molecule has 0 aliphatic carbocycles. The first-order chi connectivity index (χ1) is 7.49. The summed E-state index contributed by atoms with van der Waals surface area (Å²) in [4.78, 5) is 11.0. The van der Waals surface area contributed by atoms with Gasteiger partial charge >= 0.3 is 5.97 Å². The van der Waals surface area contributed by atoms with E-state index in [1.807, 2.05) is 26.0 Å². The molecule has 0 aliphatic rings. The topological polar surface area (TPSA) is 75.3 Å². The minimum absolute atomic E-state index is 0.148. The number of nitrogen functional groups attached to an aromatic ring is 1. The molecule has 4 heteroatoms. The average Bonchev–Trinajstić information content (AvgIpc) is 2.19. The quantitative estimate of drug-likeness (QED) is 0.656. The molecule has 0 heterocycles. The van der Waals surface area contributed by atoms with E-state index in [9.17, 15) is 4.79 Å². The first-order valence-electron chi connectivity index (χ1n) is 5.32. The van der Waals surface area contributed by atoms with E-state index in [4.69, 9.17) is 10.8 Å². The molecule has 1 aromatic carbocycles. The predicted molar refractivity (Wildman–Crippen MR) is 64.3 cm³/mol. The van der Waals surface area contributed by atoms with Crippen molar-refractivity contribution >= 4 is 11.7 Å². The van der Waals surface area contributed by atoms with Gasteiger partial charge in [-0.25, -0.2) is 0 Å². The fraction of sp³-hybridized carbons (Fsp3) is 0.417. The second-order valence-electron chi connectivity index (χ2n) is 4.16. The zero-order valence-electron chi connectivity index (χ0n) is 9.60. The Hall–Kier alpha value is -1.55. The van der Waals surface area contributed by atoms with Gasteiger partial charge in [0.2, 0.25) is 0 Å². The van der Waals surface area contributed by atoms with Gasteiger partial charge in [0.05, 0.1) is 0 Å². The first-order valence-corrected chi connectivity index (χ1v) is 5.32. The third-order valence-electron chi connectivity index (χ3n) is 2.25. The summed E-state index contributed by atoms with van der Waals surface area (Å²) in [7, 11) is 0. The summed E-state index contributed by atoms with van der Waals surface area (Å²) in [5, 5.41) is 12.1. The minimum atomic E-state index is -0.828. The molecule has 4 nitrogen and oxygen atoms in total. The number of anilines is 1. The van der Waals surface area contributed by atoms with Crippen LogP contribution in [0.4, 0.5) is 5.69 Å². The number of hydrogen-bond acceptors (Lipinski definition) is 3. The molecule has 0 saturated heterocycles. The maximum atomic E-state index is 11.0. The van der Waals surface area contributed by atoms with Crippen LogP contribution in [0.1, 0.15) is 19.4 Å². The van der Waals surface area contributed by atoms with Crippen LogP contribution in [-0.4, -0.2) is 23.2 Å².